The van der Waals surface area contributed by atoms with E-state index in [1.165, 1.54) is 27.7 Å². The monoisotopic (exact) mass is 377 g/mol. The lowest BCUT2D eigenvalue weighted by atomic mass is 9.60. The maximum Gasteiger partial charge on any atom is 0.375 e. The molecule has 0 aliphatic rings. The van der Waals surface area contributed by atoms with E-state index in [2.05, 4.69) is 12.1 Å². The standard InChI is InChI=1S/C13H22ClF2NO5S/c1-8(9(14)18)17-22-12(6,7)10(2,3)11(4,5)13(15,16)23(19,20)21/h17H,1H2,2-7H3,(H,19,20,21). The van der Waals surface area contributed by atoms with Crippen molar-refractivity contribution in [1.82, 2.24) is 5.48 Å². The molecule has 0 bridgehead atoms. The van der Waals surface area contributed by atoms with Crippen molar-refractivity contribution in [2.45, 2.75) is 52.4 Å². The van der Waals surface area contributed by atoms with Gasteiger partial charge in [0.2, 0.25) is 0 Å². The first-order chi connectivity index (χ1) is 9.83. The van der Waals surface area contributed by atoms with Crippen molar-refractivity contribution in [3.63, 3.8) is 0 Å². The lowest BCUT2D eigenvalue weighted by molar-refractivity contribution is -0.213. The number of carbonyl (C=O) groups is 1. The van der Waals surface area contributed by atoms with Crippen molar-refractivity contribution < 1.29 is 31.4 Å². The molecule has 136 valence electrons. The topological polar surface area (TPSA) is 92.7 Å². The zero-order valence-corrected chi connectivity index (χ0v) is 15.4. The van der Waals surface area contributed by atoms with Gasteiger partial charge in [0.05, 0.1) is 11.0 Å². The number of carbonyl (C=O) groups excluding carboxylic acids is 1. The van der Waals surface area contributed by atoms with Crippen LogP contribution < -0.4 is 5.48 Å². The summed E-state index contributed by atoms with van der Waals surface area (Å²) in [6.07, 6.45) is 0. The van der Waals surface area contributed by atoms with Crippen LogP contribution >= 0.6 is 11.6 Å². The average Bonchev–Trinajstić information content (AvgIpc) is 2.33. The van der Waals surface area contributed by atoms with Crippen LogP contribution in [-0.4, -0.2) is 29.1 Å². The zero-order chi connectivity index (χ0) is 19.1. The summed E-state index contributed by atoms with van der Waals surface area (Å²) in [5.41, 5.74) is -3.33. The first-order valence-electron chi connectivity index (χ1n) is 6.50. The van der Waals surface area contributed by atoms with Crippen molar-refractivity contribution >= 4 is 27.0 Å². The Morgan fingerprint density at radius 3 is 1.83 bits per heavy atom. The van der Waals surface area contributed by atoms with Gasteiger partial charge in [-0.1, -0.05) is 34.3 Å². The van der Waals surface area contributed by atoms with E-state index >= 15 is 0 Å². The molecule has 0 heterocycles. The van der Waals surface area contributed by atoms with E-state index in [0.717, 1.165) is 13.8 Å². The maximum absolute atomic E-state index is 14.3. The molecule has 0 unspecified atom stereocenters. The number of allylic oxidation sites excluding steroid dienone is 1. The van der Waals surface area contributed by atoms with E-state index in [1.54, 1.807) is 0 Å². The summed E-state index contributed by atoms with van der Waals surface area (Å²) in [5.74, 6) is 0. The fourth-order valence-electron chi connectivity index (χ4n) is 1.80. The van der Waals surface area contributed by atoms with Gasteiger partial charge < -0.3 is 0 Å². The molecule has 0 rings (SSSR count). The Morgan fingerprint density at radius 2 is 1.52 bits per heavy atom. The normalized spacial score (nSPS) is 14.5. The summed E-state index contributed by atoms with van der Waals surface area (Å²) in [5, 5.41) is -5.37. The molecule has 0 saturated heterocycles. The van der Waals surface area contributed by atoms with Gasteiger partial charge in [-0.3, -0.25) is 19.7 Å². The van der Waals surface area contributed by atoms with Gasteiger partial charge in [-0.2, -0.15) is 17.2 Å². The molecule has 6 nitrogen and oxygen atoms in total. The zero-order valence-electron chi connectivity index (χ0n) is 13.8. The maximum atomic E-state index is 14.3. The van der Waals surface area contributed by atoms with E-state index in [1.807, 2.05) is 0 Å². The molecule has 0 saturated carbocycles. The van der Waals surface area contributed by atoms with Gasteiger partial charge in [0.1, 0.15) is 5.70 Å². The predicted octanol–water partition coefficient (Wildman–Crippen LogP) is 3.10. The van der Waals surface area contributed by atoms with Gasteiger partial charge in [0.25, 0.3) is 5.24 Å². The van der Waals surface area contributed by atoms with E-state index < -0.39 is 37.0 Å². The number of alkyl halides is 2. The minimum Gasteiger partial charge on any atom is -0.281 e. The molecule has 0 radical (unpaired) electrons. The second-order valence-corrected chi connectivity index (χ2v) is 8.51. The number of nitrogens with one attached hydrogen (secondary N) is 1. The summed E-state index contributed by atoms with van der Waals surface area (Å²) in [6.45, 7) is 10.8. The highest BCUT2D eigenvalue weighted by Gasteiger charge is 2.67. The van der Waals surface area contributed by atoms with E-state index in [9.17, 15) is 22.0 Å². The van der Waals surface area contributed by atoms with E-state index in [0.29, 0.717) is 0 Å². The highest BCUT2D eigenvalue weighted by Crippen LogP contribution is 2.57. The Kier molecular flexibility index (Phi) is 6.06. The lowest BCUT2D eigenvalue weighted by Gasteiger charge is -2.52. The largest absolute Gasteiger partial charge is 0.375 e. The molecule has 2 N–H and O–H groups in total. The second-order valence-electron chi connectivity index (χ2n) is 6.71. The molecule has 0 atom stereocenters. The average molecular weight is 378 g/mol. The SMILES string of the molecule is C=C(NOC(C)(C)C(C)(C)C(C)(C)C(F)(F)S(=O)(=O)O)C(=O)Cl. The fraction of sp³-hybridized carbons (Fsp3) is 0.769. The van der Waals surface area contributed by atoms with E-state index in [4.69, 9.17) is 21.0 Å². The Morgan fingerprint density at radius 1 is 1.13 bits per heavy atom. The van der Waals surface area contributed by atoms with Crippen LogP contribution in [0.5, 0.6) is 0 Å². The second kappa shape index (κ2) is 6.27. The van der Waals surface area contributed by atoms with Gasteiger partial charge in [0, 0.05) is 5.41 Å². The Balaban J connectivity index is 5.76. The molecule has 0 aromatic rings. The lowest BCUT2D eigenvalue weighted by Crippen LogP contribution is -2.60. The third kappa shape index (κ3) is 3.84. The quantitative estimate of drug-likeness (QED) is 0.292. The van der Waals surface area contributed by atoms with Crippen LogP contribution in [0, 0.1) is 10.8 Å². The summed E-state index contributed by atoms with van der Waals surface area (Å²) in [6, 6.07) is 0. The van der Waals surface area contributed by atoms with Crippen molar-refractivity contribution in [2.75, 3.05) is 0 Å². The van der Waals surface area contributed by atoms with Crippen LogP contribution in [0.4, 0.5) is 8.78 Å². The molecule has 23 heavy (non-hydrogen) atoms. The van der Waals surface area contributed by atoms with Crippen LogP contribution in [0.15, 0.2) is 12.3 Å². The highest BCUT2D eigenvalue weighted by molar-refractivity contribution is 7.86. The third-order valence-electron chi connectivity index (χ3n) is 4.79. The molecular weight excluding hydrogens is 356 g/mol. The molecule has 0 aromatic carbocycles. The summed E-state index contributed by atoms with van der Waals surface area (Å²) in [7, 11) is -5.65. The first-order valence-corrected chi connectivity index (χ1v) is 8.32. The van der Waals surface area contributed by atoms with Gasteiger partial charge in [-0.15, -0.1) is 0 Å². The molecule has 0 aliphatic carbocycles. The highest BCUT2D eigenvalue weighted by atomic mass is 35.5. The summed E-state index contributed by atoms with van der Waals surface area (Å²) < 4.78 is 59.6. The van der Waals surface area contributed by atoms with Gasteiger partial charge >= 0.3 is 15.4 Å². The van der Waals surface area contributed by atoms with Crippen LogP contribution in [-0.2, 0) is 19.8 Å². The number of hydroxylamine groups is 1. The molecule has 0 amide bonds. The van der Waals surface area contributed by atoms with E-state index in [-0.39, 0.29) is 5.70 Å². The molecule has 10 heteroatoms. The Labute approximate surface area is 139 Å². The smallest absolute Gasteiger partial charge is 0.281 e. The van der Waals surface area contributed by atoms with Crippen molar-refractivity contribution in [3.05, 3.63) is 12.3 Å². The summed E-state index contributed by atoms with van der Waals surface area (Å²) in [4.78, 5) is 16.1. The van der Waals surface area contributed by atoms with Crippen LogP contribution in [0.25, 0.3) is 0 Å². The molecule has 0 fully saturated rings. The van der Waals surface area contributed by atoms with Crippen molar-refractivity contribution in [2.24, 2.45) is 10.8 Å². The Hall–Kier alpha value is -0.770. The van der Waals surface area contributed by atoms with Gasteiger partial charge in [-0.25, -0.2) is 0 Å². The number of hydrogen-bond donors (Lipinski definition) is 2. The fourth-order valence-corrected chi connectivity index (χ4v) is 2.73. The molecule has 0 aromatic heterocycles. The first kappa shape index (κ1) is 22.2. The van der Waals surface area contributed by atoms with Crippen LogP contribution in [0.2, 0.25) is 0 Å². The number of rotatable bonds is 8. The van der Waals surface area contributed by atoms with Crippen LogP contribution in [0.3, 0.4) is 0 Å². The third-order valence-corrected chi connectivity index (χ3v) is 6.17. The molecule has 0 aliphatic heterocycles. The number of halogens is 3. The molecular formula is C13H22ClF2NO5S. The van der Waals surface area contributed by atoms with Crippen molar-refractivity contribution in [1.29, 1.82) is 0 Å². The predicted molar refractivity (Wildman–Crippen MR) is 82.4 cm³/mol. The molecule has 0 spiro atoms. The minimum atomic E-state index is -5.65. The number of hydrogen-bond acceptors (Lipinski definition) is 5. The van der Waals surface area contributed by atoms with Gasteiger partial charge in [0.15, 0.2) is 0 Å². The summed E-state index contributed by atoms with van der Waals surface area (Å²) >= 11 is 5.18. The minimum absolute atomic E-state index is 0.310. The Bertz CT molecular complexity index is 599. The van der Waals surface area contributed by atoms with Crippen LogP contribution in [0.1, 0.15) is 41.5 Å². The van der Waals surface area contributed by atoms with Gasteiger partial charge in [-0.05, 0) is 25.4 Å². The van der Waals surface area contributed by atoms with Crippen molar-refractivity contribution in [3.8, 4) is 0 Å².